The van der Waals surface area contributed by atoms with Gasteiger partial charge in [0, 0.05) is 6.42 Å². The van der Waals surface area contributed by atoms with E-state index in [0.29, 0.717) is 5.69 Å². The monoisotopic (exact) mass is 281 g/mol. The maximum absolute atomic E-state index is 12.9. The predicted octanol–water partition coefficient (Wildman–Crippen LogP) is 2.25. The van der Waals surface area contributed by atoms with E-state index in [1.165, 1.54) is 24.3 Å². The summed E-state index contributed by atoms with van der Waals surface area (Å²) in [5.41, 5.74) is -1.41. The first-order chi connectivity index (χ1) is 9.02. The van der Waals surface area contributed by atoms with E-state index >= 15 is 0 Å². The maximum atomic E-state index is 12.9. The third-order valence-electron chi connectivity index (χ3n) is 3.26. The standard InChI is InChI=1S/C12H9ClFN3O2/c13-9-5-12(16-15-9)6-10(18)17(11(12)19)8-3-1-7(14)2-4-8/h1-4,9H,5-6H2/t9-,12+/m1/s1. The molecule has 1 aromatic carbocycles. The summed E-state index contributed by atoms with van der Waals surface area (Å²) in [5, 5.41) is 7.61. The SMILES string of the molecule is O=C1C[C@@]2(C[C@H](Cl)N=N2)C(=O)N1c1ccc(F)cc1. The summed E-state index contributed by atoms with van der Waals surface area (Å²) in [6.45, 7) is 0. The van der Waals surface area contributed by atoms with Crippen molar-refractivity contribution in [2.24, 2.45) is 10.2 Å². The Morgan fingerprint density at radius 1 is 1.32 bits per heavy atom. The lowest BCUT2D eigenvalue weighted by atomic mass is 9.95. The van der Waals surface area contributed by atoms with Crippen molar-refractivity contribution in [1.82, 2.24) is 0 Å². The number of azo groups is 1. The molecule has 1 aromatic rings. The molecule has 3 rings (SSSR count). The van der Waals surface area contributed by atoms with Crippen LogP contribution in [0.5, 0.6) is 0 Å². The Morgan fingerprint density at radius 2 is 2.00 bits per heavy atom. The molecule has 2 heterocycles. The molecule has 0 aromatic heterocycles. The normalized spacial score (nSPS) is 29.8. The Balaban J connectivity index is 1.96. The molecule has 0 radical (unpaired) electrons. The third-order valence-corrected chi connectivity index (χ3v) is 3.50. The van der Waals surface area contributed by atoms with E-state index in [9.17, 15) is 14.0 Å². The molecule has 2 aliphatic heterocycles. The molecule has 0 N–H and O–H groups in total. The van der Waals surface area contributed by atoms with Crippen LogP contribution in [0.4, 0.5) is 10.1 Å². The van der Waals surface area contributed by atoms with E-state index in [2.05, 4.69) is 10.2 Å². The van der Waals surface area contributed by atoms with E-state index in [-0.39, 0.29) is 18.7 Å². The second kappa shape index (κ2) is 4.09. The summed E-state index contributed by atoms with van der Waals surface area (Å²) in [6.07, 6.45) is 0.173. The zero-order chi connectivity index (χ0) is 13.6. The van der Waals surface area contributed by atoms with Crippen LogP contribution in [-0.2, 0) is 9.59 Å². The first-order valence-electron chi connectivity index (χ1n) is 5.71. The maximum Gasteiger partial charge on any atom is 0.264 e. The van der Waals surface area contributed by atoms with Gasteiger partial charge in [-0.15, -0.1) is 0 Å². The van der Waals surface area contributed by atoms with Crippen LogP contribution in [0.3, 0.4) is 0 Å². The molecule has 2 amide bonds. The first kappa shape index (κ1) is 12.2. The number of alkyl halides is 1. The van der Waals surface area contributed by atoms with Gasteiger partial charge in [0.2, 0.25) is 5.91 Å². The summed E-state index contributed by atoms with van der Waals surface area (Å²) in [6, 6.07) is 5.16. The zero-order valence-electron chi connectivity index (χ0n) is 9.72. The summed E-state index contributed by atoms with van der Waals surface area (Å²) in [5.74, 6) is -1.25. The molecular weight excluding hydrogens is 273 g/mol. The highest BCUT2D eigenvalue weighted by Gasteiger charge is 2.56. The van der Waals surface area contributed by atoms with Crippen molar-refractivity contribution in [1.29, 1.82) is 0 Å². The fourth-order valence-electron chi connectivity index (χ4n) is 2.35. The lowest BCUT2D eigenvalue weighted by Crippen LogP contribution is -2.38. The molecule has 2 aliphatic rings. The quantitative estimate of drug-likeness (QED) is 0.450. The Kier molecular flexibility index (Phi) is 2.63. The van der Waals surface area contributed by atoms with Gasteiger partial charge in [0.05, 0.1) is 12.1 Å². The van der Waals surface area contributed by atoms with E-state index in [1.807, 2.05) is 0 Å². The highest BCUT2D eigenvalue weighted by molar-refractivity contribution is 6.26. The predicted molar refractivity (Wildman–Crippen MR) is 65.4 cm³/mol. The van der Waals surface area contributed by atoms with Crippen LogP contribution >= 0.6 is 11.6 Å². The Hall–Kier alpha value is -1.82. The number of hydrogen-bond donors (Lipinski definition) is 0. The Morgan fingerprint density at radius 3 is 2.58 bits per heavy atom. The first-order valence-corrected chi connectivity index (χ1v) is 6.14. The number of halogens is 2. The average Bonchev–Trinajstić information content (AvgIpc) is 2.84. The van der Waals surface area contributed by atoms with Gasteiger partial charge in [0.25, 0.3) is 5.91 Å². The number of hydrogen-bond acceptors (Lipinski definition) is 4. The molecular formula is C12H9ClFN3O2. The molecule has 98 valence electrons. The summed E-state index contributed by atoms with van der Waals surface area (Å²) in [7, 11) is 0. The van der Waals surface area contributed by atoms with Crippen LogP contribution < -0.4 is 4.90 Å². The van der Waals surface area contributed by atoms with Gasteiger partial charge >= 0.3 is 0 Å². The molecule has 5 nitrogen and oxygen atoms in total. The summed E-state index contributed by atoms with van der Waals surface area (Å²) >= 11 is 5.82. The van der Waals surface area contributed by atoms with Crippen molar-refractivity contribution in [3.05, 3.63) is 30.1 Å². The van der Waals surface area contributed by atoms with Crippen molar-refractivity contribution in [3.8, 4) is 0 Å². The van der Waals surface area contributed by atoms with Crippen LogP contribution in [0.25, 0.3) is 0 Å². The fraction of sp³-hybridized carbons (Fsp3) is 0.333. The van der Waals surface area contributed by atoms with Gasteiger partial charge < -0.3 is 0 Å². The highest BCUT2D eigenvalue weighted by atomic mass is 35.5. The number of nitrogens with zero attached hydrogens (tertiary/aromatic N) is 3. The van der Waals surface area contributed by atoms with Crippen LogP contribution in [0.15, 0.2) is 34.5 Å². The van der Waals surface area contributed by atoms with Crippen molar-refractivity contribution in [2.45, 2.75) is 23.9 Å². The van der Waals surface area contributed by atoms with Crippen molar-refractivity contribution in [2.75, 3.05) is 4.90 Å². The molecule has 19 heavy (non-hydrogen) atoms. The topological polar surface area (TPSA) is 62.1 Å². The van der Waals surface area contributed by atoms with Crippen molar-refractivity contribution < 1.29 is 14.0 Å². The van der Waals surface area contributed by atoms with Gasteiger partial charge in [-0.3, -0.25) is 9.59 Å². The largest absolute Gasteiger partial charge is 0.274 e. The number of amides is 2. The van der Waals surface area contributed by atoms with Crippen molar-refractivity contribution >= 4 is 29.1 Å². The van der Waals surface area contributed by atoms with Crippen LogP contribution in [0.2, 0.25) is 0 Å². The molecule has 0 unspecified atom stereocenters. The molecule has 2 atom stereocenters. The summed E-state index contributed by atoms with van der Waals surface area (Å²) < 4.78 is 12.9. The van der Waals surface area contributed by atoms with Gasteiger partial charge in [0.15, 0.2) is 5.54 Å². The number of carbonyl (C=O) groups is 2. The highest BCUT2D eigenvalue weighted by Crippen LogP contribution is 2.40. The van der Waals surface area contributed by atoms with Gasteiger partial charge in [-0.25, -0.2) is 9.29 Å². The van der Waals surface area contributed by atoms with Gasteiger partial charge in [-0.05, 0) is 24.3 Å². The molecule has 1 saturated heterocycles. The minimum absolute atomic E-state index is 0.0457. The molecule has 1 fully saturated rings. The van der Waals surface area contributed by atoms with Crippen molar-refractivity contribution in [3.63, 3.8) is 0 Å². The van der Waals surface area contributed by atoms with Gasteiger partial charge in [-0.1, -0.05) is 11.6 Å². The number of rotatable bonds is 1. The fourth-order valence-corrected chi connectivity index (χ4v) is 2.65. The lowest BCUT2D eigenvalue weighted by Gasteiger charge is -2.17. The molecule has 0 saturated carbocycles. The van der Waals surface area contributed by atoms with E-state index in [4.69, 9.17) is 11.6 Å². The van der Waals surface area contributed by atoms with Gasteiger partial charge in [-0.2, -0.15) is 10.2 Å². The second-order valence-corrected chi connectivity index (χ2v) is 5.08. The van der Waals surface area contributed by atoms with Crippen LogP contribution in [0.1, 0.15) is 12.8 Å². The van der Waals surface area contributed by atoms with E-state index in [0.717, 1.165) is 4.90 Å². The number of anilines is 1. The minimum Gasteiger partial charge on any atom is -0.274 e. The smallest absolute Gasteiger partial charge is 0.264 e. The zero-order valence-corrected chi connectivity index (χ0v) is 10.5. The van der Waals surface area contributed by atoms with Crippen LogP contribution in [-0.4, -0.2) is 22.9 Å². The van der Waals surface area contributed by atoms with E-state index in [1.54, 1.807) is 0 Å². The number of benzene rings is 1. The Bertz CT molecular complexity index is 589. The van der Waals surface area contributed by atoms with E-state index < -0.39 is 22.8 Å². The molecule has 0 bridgehead atoms. The molecule has 7 heteroatoms. The summed E-state index contributed by atoms with van der Waals surface area (Å²) in [4.78, 5) is 25.4. The van der Waals surface area contributed by atoms with Gasteiger partial charge in [0.1, 0.15) is 11.3 Å². The average molecular weight is 282 g/mol. The third kappa shape index (κ3) is 1.83. The Labute approximate surface area is 113 Å². The number of carbonyl (C=O) groups excluding carboxylic acids is 2. The number of imide groups is 1. The molecule has 0 aliphatic carbocycles. The lowest BCUT2D eigenvalue weighted by molar-refractivity contribution is -0.122. The second-order valence-electron chi connectivity index (χ2n) is 4.57. The van der Waals surface area contributed by atoms with Crippen LogP contribution in [0, 0.1) is 5.82 Å². The molecule has 1 spiro atoms. The minimum atomic E-state index is -1.17.